The lowest BCUT2D eigenvalue weighted by molar-refractivity contribution is -0.0557. The van der Waals surface area contributed by atoms with Crippen molar-refractivity contribution in [3.63, 3.8) is 0 Å². The molecule has 0 saturated carbocycles. The minimum absolute atomic E-state index is 0.151. The summed E-state index contributed by atoms with van der Waals surface area (Å²) in [4.78, 5) is 2.15. The number of hydrogen-bond acceptors (Lipinski definition) is 4. The maximum Gasteiger partial charge on any atom is 0.0844 e. The fraction of sp³-hybridized carbons (Fsp3) is 1.00. The quantitative estimate of drug-likeness (QED) is 0.620. The number of rotatable bonds is 4. The topological polar surface area (TPSA) is 58.7 Å². The van der Waals surface area contributed by atoms with Crippen LogP contribution in [0.5, 0.6) is 0 Å². The number of ether oxygens (including phenoxy) is 1. The van der Waals surface area contributed by atoms with Crippen molar-refractivity contribution in [1.29, 1.82) is 0 Å². The summed E-state index contributed by atoms with van der Waals surface area (Å²) in [6.45, 7) is 4.94. The van der Waals surface area contributed by atoms with Gasteiger partial charge in [0.25, 0.3) is 0 Å². The number of aliphatic hydroxyl groups is 1. The third-order valence-corrected chi connectivity index (χ3v) is 3.01. The van der Waals surface area contributed by atoms with E-state index in [9.17, 15) is 5.11 Å². The molecule has 0 aromatic rings. The molecule has 0 amide bonds. The van der Waals surface area contributed by atoms with Crippen LogP contribution in [-0.2, 0) is 4.74 Å². The van der Waals surface area contributed by atoms with Crippen molar-refractivity contribution >= 4 is 0 Å². The van der Waals surface area contributed by atoms with Crippen molar-refractivity contribution in [2.75, 3.05) is 33.4 Å². The molecule has 1 aliphatic heterocycles. The van der Waals surface area contributed by atoms with Crippen LogP contribution in [-0.4, -0.2) is 55.0 Å². The van der Waals surface area contributed by atoms with Crippen LogP contribution in [0, 0.1) is 0 Å². The minimum atomic E-state index is -0.721. The van der Waals surface area contributed by atoms with E-state index in [2.05, 4.69) is 4.90 Å². The van der Waals surface area contributed by atoms with Gasteiger partial charge in [0, 0.05) is 38.8 Å². The molecule has 0 aliphatic carbocycles. The summed E-state index contributed by atoms with van der Waals surface area (Å²) in [6, 6.07) is -0.151. The zero-order valence-corrected chi connectivity index (χ0v) is 9.20. The van der Waals surface area contributed by atoms with Crippen LogP contribution in [0.1, 0.15) is 19.8 Å². The second-order valence-corrected chi connectivity index (χ2v) is 4.17. The predicted octanol–water partition coefficient (Wildman–Crippen LogP) is -0.193. The molecule has 14 heavy (non-hydrogen) atoms. The Labute approximate surface area is 86.0 Å². The van der Waals surface area contributed by atoms with Gasteiger partial charge in [0.1, 0.15) is 0 Å². The Hall–Kier alpha value is -0.160. The van der Waals surface area contributed by atoms with E-state index in [1.165, 1.54) is 0 Å². The van der Waals surface area contributed by atoms with E-state index < -0.39 is 5.60 Å². The van der Waals surface area contributed by atoms with Gasteiger partial charge in [-0.3, -0.25) is 0 Å². The van der Waals surface area contributed by atoms with Crippen LogP contribution >= 0.6 is 0 Å². The van der Waals surface area contributed by atoms with Gasteiger partial charge in [-0.25, -0.2) is 0 Å². The maximum absolute atomic E-state index is 10.3. The molecule has 4 heteroatoms. The SMILES string of the molecule is CCOCCC1(O)CCN(C)CC1N. The number of likely N-dealkylation sites (tertiary alicyclic amines) is 1. The Morgan fingerprint density at radius 2 is 2.36 bits per heavy atom. The zero-order valence-electron chi connectivity index (χ0n) is 9.20. The normalized spacial score (nSPS) is 34.7. The molecule has 1 aliphatic rings. The van der Waals surface area contributed by atoms with Gasteiger partial charge in [-0.05, 0) is 20.4 Å². The van der Waals surface area contributed by atoms with Crippen molar-refractivity contribution < 1.29 is 9.84 Å². The molecular formula is C10H22N2O2. The van der Waals surface area contributed by atoms with Crippen LogP contribution in [0.2, 0.25) is 0 Å². The second-order valence-electron chi connectivity index (χ2n) is 4.17. The van der Waals surface area contributed by atoms with Crippen molar-refractivity contribution in [3.8, 4) is 0 Å². The molecule has 3 N–H and O–H groups in total. The third-order valence-electron chi connectivity index (χ3n) is 3.01. The molecular weight excluding hydrogens is 180 g/mol. The molecule has 0 aromatic carbocycles. The Balaban J connectivity index is 2.38. The van der Waals surface area contributed by atoms with Crippen molar-refractivity contribution in [2.45, 2.75) is 31.4 Å². The Morgan fingerprint density at radius 3 is 2.93 bits per heavy atom. The predicted molar refractivity (Wildman–Crippen MR) is 56.1 cm³/mol. The molecule has 0 spiro atoms. The number of hydrogen-bond donors (Lipinski definition) is 2. The maximum atomic E-state index is 10.3. The van der Waals surface area contributed by atoms with Gasteiger partial charge < -0.3 is 20.5 Å². The lowest BCUT2D eigenvalue weighted by atomic mass is 9.84. The van der Waals surface area contributed by atoms with E-state index in [-0.39, 0.29) is 6.04 Å². The molecule has 0 radical (unpaired) electrons. The Bertz CT molecular complexity index is 178. The van der Waals surface area contributed by atoms with E-state index in [1.54, 1.807) is 0 Å². The number of nitrogens with two attached hydrogens (primary N) is 1. The molecule has 4 nitrogen and oxygen atoms in total. The van der Waals surface area contributed by atoms with Crippen LogP contribution in [0.15, 0.2) is 0 Å². The van der Waals surface area contributed by atoms with Gasteiger partial charge in [-0.2, -0.15) is 0 Å². The number of likely N-dealkylation sites (N-methyl/N-ethyl adjacent to an activating group) is 1. The van der Waals surface area contributed by atoms with Crippen molar-refractivity contribution in [3.05, 3.63) is 0 Å². The number of nitrogens with zero attached hydrogens (tertiary/aromatic N) is 1. The molecule has 1 heterocycles. The van der Waals surface area contributed by atoms with Gasteiger partial charge >= 0.3 is 0 Å². The highest BCUT2D eigenvalue weighted by Crippen LogP contribution is 2.24. The van der Waals surface area contributed by atoms with Gasteiger partial charge in [0.05, 0.1) is 5.60 Å². The van der Waals surface area contributed by atoms with Gasteiger partial charge in [-0.1, -0.05) is 0 Å². The molecule has 2 unspecified atom stereocenters. The first kappa shape index (κ1) is 11.9. The summed E-state index contributed by atoms with van der Waals surface area (Å²) >= 11 is 0. The van der Waals surface area contributed by atoms with Gasteiger partial charge in [-0.15, -0.1) is 0 Å². The molecule has 0 aromatic heterocycles. The van der Waals surface area contributed by atoms with E-state index >= 15 is 0 Å². The second kappa shape index (κ2) is 5.07. The summed E-state index contributed by atoms with van der Waals surface area (Å²) in [5.74, 6) is 0. The van der Waals surface area contributed by atoms with Crippen LogP contribution in [0.3, 0.4) is 0 Å². The zero-order chi connectivity index (χ0) is 10.6. The first-order valence-corrected chi connectivity index (χ1v) is 5.33. The van der Waals surface area contributed by atoms with E-state index in [0.717, 1.165) is 19.5 Å². The van der Waals surface area contributed by atoms with Crippen LogP contribution in [0.25, 0.3) is 0 Å². The lowest BCUT2D eigenvalue weighted by Gasteiger charge is -2.41. The molecule has 2 atom stereocenters. The smallest absolute Gasteiger partial charge is 0.0844 e. The summed E-state index contributed by atoms with van der Waals surface area (Å²) in [6.07, 6.45) is 1.40. The first-order valence-electron chi connectivity index (χ1n) is 5.33. The third kappa shape index (κ3) is 2.92. The summed E-state index contributed by atoms with van der Waals surface area (Å²) in [5.41, 5.74) is 5.22. The summed E-state index contributed by atoms with van der Waals surface area (Å²) < 4.78 is 5.25. The first-order chi connectivity index (χ1) is 6.58. The van der Waals surface area contributed by atoms with E-state index in [1.807, 2.05) is 14.0 Å². The summed E-state index contributed by atoms with van der Waals surface area (Å²) in [5, 5.41) is 10.3. The highest BCUT2D eigenvalue weighted by molar-refractivity contribution is 4.95. The van der Waals surface area contributed by atoms with Gasteiger partial charge in [0.2, 0.25) is 0 Å². The molecule has 1 fully saturated rings. The highest BCUT2D eigenvalue weighted by atomic mass is 16.5. The van der Waals surface area contributed by atoms with E-state index in [0.29, 0.717) is 19.6 Å². The standard InChI is InChI=1S/C10H22N2O2/c1-3-14-7-5-10(13)4-6-12(2)8-9(10)11/h9,13H,3-8,11H2,1-2H3. The number of piperidine rings is 1. The van der Waals surface area contributed by atoms with E-state index in [4.69, 9.17) is 10.5 Å². The van der Waals surface area contributed by atoms with Crippen LogP contribution in [0.4, 0.5) is 0 Å². The fourth-order valence-corrected chi connectivity index (χ4v) is 1.87. The highest BCUT2D eigenvalue weighted by Gasteiger charge is 2.37. The molecule has 1 saturated heterocycles. The van der Waals surface area contributed by atoms with Crippen molar-refractivity contribution in [2.24, 2.45) is 5.73 Å². The largest absolute Gasteiger partial charge is 0.388 e. The lowest BCUT2D eigenvalue weighted by Crippen LogP contribution is -2.59. The monoisotopic (exact) mass is 202 g/mol. The van der Waals surface area contributed by atoms with Gasteiger partial charge in [0.15, 0.2) is 0 Å². The molecule has 84 valence electrons. The molecule has 1 rings (SSSR count). The average molecular weight is 202 g/mol. The van der Waals surface area contributed by atoms with Crippen LogP contribution < -0.4 is 5.73 Å². The fourth-order valence-electron chi connectivity index (χ4n) is 1.87. The van der Waals surface area contributed by atoms with Crippen molar-refractivity contribution in [1.82, 2.24) is 4.90 Å². The summed E-state index contributed by atoms with van der Waals surface area (Å²) in [7, 11) is 2.03. The Morgan fingerprint density at radius 1 is 1.64 bits per heavy atom. The average Bonchev–Trinajstić information content (AvgIpc) is 2.13. The molecule has 0 bridgehead atoms. The minimum Gasteiger partial charge on any atom is -0.388 e. The Kier molecular flexibility index (Phi) is 4.31.